The minimum Gasteiger partial charge on any atom is -0.483 e. The summed E-state index contributed by atoms with van der Waals surface area (Å²) in [5.41, 5.74) is 1.25. The van der Waals surface area contributed by atoms with Gasteiger partial charge < -0.3 is 9.84 Å². The number of carboxylic acid groups (broad SMARTS) is 1. The molecular weight excluding hydrogens is 336 g/mol. The molecule has 0 aliphatic carbocycles. The monoisotopic (exact) mass is 356 g/mol. The Morgan fingerprint density at radius 2 is 2.27 bits per heavy atom. The van der Waals surface area contributed by atoms with Crippen LogP contribution in [0, 0.1) is 0 Å². The van der Waals surface area contributed by atoms with Crippen molar-refractivity contribution in [3.05, 3.63) is 51.7 Å². The van der Waals surface area contributed by atoms with Crippen molar-refractivity contribution in [2.75, 3.05) is 0 Å². The standard InChI is InChI=1S/C18H20N4O4/c1-18(2)6-5-12-7-11(3-4-14(12)26-18)8-21-10-15-19-20-17(25)22(15)9-13(21)16(23)24/h3-7,13H,8-10H2,1-2H3,(H,20,25)(H,23,24). The highest BCUT2D eigenvalue weighted by Crippen LogP contribution is 2.32. The molecule has 2 aromatic rings. The van der Waals surface area contributed by atoms with Crippen LogP contribution in [0.1, 0.15) is 30.8 Å². The molecule has 1 unspecified atom stereocenters. The first kappa shape index (κ1) is 16.6. The summed E-state index contributed by atoms with van der Waals surface area (Å²) in [5.74, 6) is 0.415. The Bertz CT molecular complexity index is 956. The zero-order chi connectivity index (χ0) is 18.5. The van der Waals surface area contributed by atoms with E-state index >= 15 is 0 Å². The van der Waals surface area contributed by atoms with E-state index < -0.39 is 12.0 Å². The van der Waals surface area contributed by atoms with Gasteiger partial charge in [-0.3, -0.25) is 14.3 Å². The van der Waals surface area contributed by atoms with Crippen LogP contribution >= 0.6 is 0 Å². The first-order valence-electron chi connectivity index (χ1n) is 8.44. The third-order valence-electron chi connectivity index (χ3n) is 4.76. The molecule has 26 heavy (non-hydrogen) atoms. The van der Waals surface area contributed by atoms with Crippen LogP contribution in [0.2, 0.25) is 0 Å². The molecule has 0 bridgehead atoms. The van der Waals surface area contributed by atoms with Crippen molar-refractivity contribution in [2.45, 2.75) is 45.1 Å². The molecule has 2 N–H and O–H groups in total. The van der Waals surface area contributed by atoms with Crippen LogP contribution in [0.3, 0.4) is 0 Å². The molecule has 1 aromatic carbocycles. The number of carbonyl (C=O) groups is 1. The van der Waals surface area contributed by atoms with Crippen molar-refractivity contribution in [3.8, 4) is 5.75 Å². The molecule has 8 nitrogen and oxygen atoms in total. The molecule has 0 saturated heterocycles. The summed E-state index contributed by atoms with van der Waals surface area (Å²) in [6.45, 7) is 4.82. The van der Waals surface area contributed by atoms with E-state index in [-0.39, 0.29) is 17.8 Å². The van der Waals surface area contributed by atoms with Gasteiger partial charge >= 0.3 is 11.7 Å². The van der Waals surface area contributed by atoms with Crippen LogP contribution in [0.4, 0.5) is 0 Å². The molecule has 8 heteroatoms. The smallest absolute Gasteiger partial charge is 0.343 e. The third kappa shape index (κ3) is 2.92. The fraction of sp³-hybridized carbons (Fsp3) is 0.389. The molecule has 0 amide bonds. The quantitative estimate of drug-likeness (QED) is 0.858. The molecule has 1 aromatic heterocycles. The Morgan fingerprint density at radius 3 is 3.04 bits per heavy atom. The highest BCUT2D eigenvalue weighted by Gasteiger charge is 2.33. The molecule has 0 saturated carbocycles. The van der Waals surface area contributed by atoms with Crippen molar-refractivity contribution in [1.82, 2.24) is 19.7 Å². The lowest BCUT2D eigenvalue weighted by atomic mass is 10.0. The SMILES string of the molecule is CC1(C)C=Cc2cc(CN3Cc4n[nH]c(=O)n4CC3C(=O)O)ccc2O1. The van der Waals surface area contributed by atoms with E-state index in [0.717, 1.165) is 16.9 Å². The number of H-pyrrole nitrogens is 1. The predicted octanol–water partition coefficient (Wildman–Crippen LogP) is 1.22. The Kier molecular flexibility index (Phi) is 3.73. The zero-order valence-corrected chi connectivity index (χ0v) is 14.6. The van der Waals surface area contributed by atoms with Crippen molar-refractivity contribution in [2.24, 2.45) is 0 Å². The number of fused-ring (bicyclic) bond motifs is 2. The highest BCUT2D eigenvalue weighted by atomic mass is 16.5. The number of benzene rings is 1. The number of nitrogens with one attached hydrogen (secondary N) is 1. The van der Waals surface area contributed by atoms with Gasteiger partial charge in [0.2, 0.25) is 0 Å². The van der Waals surface area contributed by atoms with Crippen molar-refractivity contribution < 1.29 is 14.6 Å². The van der Waals surface area contributed by atoms with Crippen molar-refractivity contribution >= 4 is 12.0 Å². The average molecular weight is 356 g/mol. The average Bonchev–Trinajstić information content (AvgIpc) is 2.94. The second-order valence-electron chi connectivity index (χ2n) is 7.23. The second kappa shape index (κ2) is 5.84. The van der Waals surface area contributed by atoms with Crippen LogP contribution in [0.15, 0.2) is 29.1 Å². The summed E-state index contributed by atoms with van der Waals surface area (Å²) >= 11 is 0. The Balaban J connectivity index is 1.60. The molecule has 2 aliphatic heterocycles. The first-order chi connectivity index (χ1) is 12.3. The molecule has 2 aliphatic rings. The van der Waals surface area contributed by atoms with Crippen LogP contribution in [-0.4, -0.2) is 42.4 Å². The van der Waals surface area contributed by atoms with E-state index in [1.54, 1.807) is 0 Å². The van der Waals surface area contributed by atoms with Gasteiger partial charge in [0.1, 0.15) is 23.2 Å². The van der Waals surface area contributed by atoms with E-state index in [4.69, 9.17) is 4.74 Å². The lowest BCUT2D eigenvalue weighted by Gasteiger charge is -2.33. The van der Waals surface area contributed by atoms with Crippen LogP contribution in [0.25, 0.3) is 6.08 Å². The topological polar surface area (TPSA) is 100 Å². The molecule has 0 spiro atoms. The number of hydrogen-bond acceptors (Lipinski definition) is 5. The van der Waals surface area contributed by atoms with E-state index in [2.05, 4.69) is 10.2 Å². The summed E-state index contributed by atoms with van der Waals surface area (Å²) in [6, 6.07) is 5.09. The van der Waals surface area contributed by atoms with Crippen LogP contribution in [0.5, 0.6) is 5.75 Å². The van der Waals surface area contributed by atoms with E-state index in [1.807, 2.05) is 49.1 Å². The maximum Gasteiger partial charge on any atom is 0.343 e. The molecule has 0 fully saturated rings. The second-order valence-corrected chi connectivity index (χ2v) is 7.23. The molecular formula is C18H20N4O4. The van der Waals surface area contributed by atoms with Crippen LogP contribution < -0.4 is 10.4 Å². The summed E-state index contributed by atoms with van der Waals surface area (Å²) in [5, 5.41) is 15.9. The minimum atomic E-state index is -0.952. The maximum atomic E-state index is 11.7. The lowest BCUT2D eigenvalue weighted by molar-refractivity contribution is -0.145. The number of nitrogens with zero attached hydrogens (tertiary/aromatic N) is 3. The number of aliphatic carboxylic acids is 1. The summed E-state index contributed by atoms with van der Waals surface area (Å²) < 4.78 is 7.32. The molecule has 4 rings (SSSR count). The van der Waals surface area contributed by atoms with Gasteiger partial charge in [-0.05, 0) is 37.6 Å². The normalized spacial score (nSPS) is 20.9. The van der Waals surface area contributed by atoms with Gasteiger partial charge in [-0.2, -0.15) is 5.10 Å². The van der Waals surface area contributed by atoms with Gasteiger partial charge in [-0.1, -0.05) is 12.1 Å². The van der Waals surface area contributed by atoms with Gasteiger partial charge in [0.25, 0.3) is 0 Å². The van der Waals surface area contributed by atoms with Crippen molar-refractivity contribution in [1.29, 1.82) is 0 Å². The molecule has 3 heterocycles. The fourth-order valence-corrected chi connectivity index (χ4v) is 3.40. The first-order valence-corrected chi connectivity index (χ1v) is 8.44. The fourth-order valence-electron chi connectivity index (χ4n) is 3.40. The number of ether oxygens (including phenoxy) is 1. The van der Waals surface area contributed by atoms with Gasteiger partial charge in [-0.15, -0.1) is 0 Å². The largest absolute Gasteiger partial charge is 0.483 e. The number of carboxylic acids is 1. The molecule has 136 valence electrons. The van der Waals surface area contributed by atoms with Gasteiger partial charge in [0.15, 0.2) is 0 Å². The zero-order valence-electron chi connectivity index (χ0n) is 14.6. The van der Waals surface area contributed by atoms with Gasteiger partial charge in [0, 0.05) is 12.1 Å². The summed E-state index contributed by atoms with van der Waals surface area (Å²) in [4.78, 5) is 25.2. The highest BCUT2D eigenvalue weighted by molar-refractivity contribution is 5.73. The Morgan fingerprint density at radius 1 is 1.46 bits per heavy atom. The molecule has 1 atom stereocenters. The third-order valence-corrected chi connectivity index (χ3v) is 4.76. The number of hydrogen-bond donors (Lipinski definition) is 2. The van der Waals surface area contributed by atoms with Gasteiger partial charge in [0.05, 0.1) is 13.1 Å². The van der Waals surface area contributed by atoms with E-state index in [0.29, 0.717) is 18.9 Å². The summed E-state index contributed by atoms with van der Waals surface area (Å²) in [6.07, 6.45) is 4.03. The Labute approximate surface area is 149 Å². The van der Waals surface area contributed by atoms with E-state index in [9.17, 15) is 14.7 Å². The number of aromatic nitrogens is 3. The lowest BCUT2D eigenvalue weighted by Crippen LogP contribution is -2.49. The minimum absolute atomic E-state index is 0.0855. The number of aromatic amines is 1. The number of rotatable bonds is 3. The maximum absolute atomic E-state index is 11.7. The predicted molar refractivity (Wildman–Crippen MR) is 93.7 cm³/mol. The van der Waals surface area contributed by atoms with Crippen molar-refractivity contribution in [3.63, 3.8) is 0 Å². The van der Waals surface area contributed by atoms with E-state index in [1.165, 1.54) is 4.57 Å². The Hall–Kier alpha value is -2.87. The van der Waals surface area contributed by atoms with Crippen LogP contribution in [-0.2, 0) is 24.4 Å². The summed E-state index contributed by atoms with van der Waals surface area (Å²) in [7, 11) is 0. The van der Waals surface area contributed by atoms with Gasteiger partial charge in [-0.25, -0.2) is 9.89 Å². The molecule has 0 radical (unpaired) electrons.